The topological polar surface area (TPSA) is 53.1 Å². The van der Waals surface area contributed by atoms with Crippen LogP contribution in [0.2, 0.25) is 0 Å². The number of nitrogens with two attached hydrogens (primary N) is 1. The zero-order chi connectivity index (χ0) is 14.1. The molecule has 0 fully saturated rings. The quantitative estimate of drug-likeness (QED) is 0.927. The van der Waals surface area contributed by atoms with E-state index in [0.717, 1.165) is 37.3 Å². The maximum Gasteiger partial charge on any atom is 0.122 e. The number of benzene rings is 1. The molecule has 2 heterocycles. The lowest BCUT2D eigenvalue weighted by Crippen LogP contribution is -2.15. The van der Waals surface area contributed by atoms with Crippen LogP contribution in [0.4, 0.5) is 0 Å². The summed E-state index contributed by atoms with van der Waals surface area (Å²) in [4.78, 5) is 0. The predicted octanol–water partition coefficient (Wildman–Crippen LogP) is 2.16. The molecule has 106 valence electrons. The Morgan fingerprint density at radius 3 is 3.00 bits per heavy atom. The van der Waals surface area contributed by atoms with Gasteiger partial charge in [-0.2, -0.15) is 5.10 Å². The van der Waals surface area contributed by atoms with Crippen molar-refractivity contribution in [2.45, 2.75) is 32.2 Å². The van der Waals surface area contributed by atoms with Crippen LogP contribution in [-0.4, -0.2) is 16.4 Å². The molecule has 0 radical (unpaired) electrons. The minimum absolute atomic E-state index is 0.000932. The average Bonchev–Trinajstić information content (AvgIpc) is 3.04. The Bertz CT molecular complexity index is 618. The predicted molar refractivity (Wildman–Crippen MR) is 78.9 cm³/mol. The van der Waals surface area contributed by atoms with Gasteiger partial charge in [0.25, 0.3) is 0 Å². The van der Waals surface area contributed by atoms with Gasteiger partial charge >= 0.3 is 0 Å². The smallest absolute Gasteiger partial charge is 0.122 e. The van der Waals surface area contributed by atoms with Gasteiger partial charge in [-0.3, -0.25) is 4.68 Å². The molecule has 1 aromatic heterocycles. The van der Waals surface area contributed by atoms with Crippen LogP contribution >= 0.6 is 0 Å². The maximum atomic E-state index is 6.36. The van der Waals surface area contributed by atoms with E-state index in [1.165, 1.54) is 16.8 Å². The molecule has 4 nitrogen and oxygen atoms in total. The van der Waals surface area contributed by atoms with Gasteiger partial charge in [-0.05, 0) is 29.7 Å². The lowest BCUT2D eigenvalue weighted by atomic mass is 9.99. The van der Waals surface area contributed by atoms with E-state index in [1.807, 2.05) is 17.8 Å². The molecule has 1 atom stereocenters. The normalized spacial score (nSPS) is 14.9. The fraction of sp³-hybridized carbons (Fsp3) is 0.438. The molecule has 2 N–H and O–H groups in total. The molecular formula is C16H21N3O. The third-order valence-corrected chi connectivity index (χ3v) is 3.96. The summed E-state index contributed by atoms with van der Waals surface area (Å²) in [5, 5.41) is 4.47. The molecule has 1 aliphatic rings. The van der Waals surface area contributed by atoms with Gasteiger partial charge in [-0.1, -0.05) is 19.1 Å². The number of hydrogen-bond donors (Lipinski definition) is 1. The second-order valence-corrected chi connectivity index (χ2v) is 5.38. The molecule has 0 saturated heterocycles. The van der Waals surface area contributed by atoms with E-state index in [1.54, 1.807) is 0 Å². The van der Waals surface area contributed by atoms with Crippen LogP contribution in [0.15, 0.2) is 24.3 Å². The van der Waals surface area contributed by atoms with Crippen molar-refractivity contribution in [1.82, 2.24) is 9.78 Å². The Hall–Kier alpha value is -1.81. The van der Waals surface area contributed by atoms with Crippen molar-refractivity contribution in [3.63, 3.8) is 0 Å². The summed E-state index contributed by atoms with van der Waals surface area (Å²) in [6.07, 6.45) is 2.75. The standard InChI is InChI=1S/C16H21N3O/c1-3-13-9-14(19(2)18-13)10-15(17)11-4-5-16-12(8-11)6-7-20-16/h4-5,8-9,15H,3,6-7,10,17H2,1-2H3. The fourth-order valence-electron chi connectivity index (χ4n) is 2.72. The first-order chi connectivity index (χ1) is 9.67. The highest BCUT2D eigenvalue weighted by molar-refractivity contribution is 5.41. The van der Waals surface area contributed by atoms with Crippen LogP contribution in [0.25, 0.3) is 0 Å². The molecule has 0 amide bonds. The number of aromatic nitrogens is 2. The van der Waals surface area contributed by atoms with Crippen molar-refractivity contribution >= 4 is 0 Å². The lowest BCUT2D eigenvalue weighted by molar-refractivity contribution is 0.357. The molecule has 0 saturated carbocycles. The minimum atomic E-state index is 0.000932. The third kappa shape index (κ3) is 2.43. The Balaban J connectivity index is 1.78. The van der Waals surface area contributed by atoms with Crippen LogP contribution in [0.5, 0.6) is 5.75 Å². The monoisotopic (exact) mass is 271 g/mol. The summed E-state index contributed by atoms with van der Waals surface area (Å²) in [5.41, 5.74) is 11.1. The van der Waals surface area contributed by atoms with Crippen LogP contribution in [0.1, 0.15) is 35.5 Å². The molecule has 3 rings (SSSR count). The molecular weight excluding hydrogens is 250 g/mol. The van der Waals surface area contributed by atoms with Crippen LogP contribution < -0.4 is 10.5 Å². The van der Waals surface area contributed by atoms with Gasteiger partial charge in [0.05, 0.1) is 12.3 Å². The molecule has 1 aliphatic heterocycles. The lowest BCUT2D eigenvalue weighted by Gasteiger charge is -2.13. The van der Waals surface area contributed by atoms with Gasteiger partial charge in [0, 0.05) is 31.6 Å². The summed E-state index contributed by atoms with van der Waals surface area (Å²) < 4.78 is 7.47. The third-order valence-electron chi connectivity index (χ3n) is 3.96. The molecule has 1 unspecified atom stereocenters. The van der Waals surface area contributed by atoms with Gasteiger partial charge in [0.1, 0.15) is 5.75 Å². The van der Waals surface area contributed by atoms with Crippen molar-refractivity contribution in [1.29, 1.82) is 0 Å². The van der Waals surface area contributed by atoms with Gasteiger partial charge in [-0.25, -0.2) is 0 Å². The Morgan fingerprint density at radius 2 is 2.25 bits per heavy atom. The number of aryl methyl sites for hydroxylation is 2. The highest BCUT2D eigenvalue weighted by Crippen LogP contribution is 2.28. The molecule has 0 spiro atoms. The van der Waals surface area contributed by atoms with Gasteiger partial charge in [0.15, 0.2) is 0 Å². The van der Waals surface area contributed by atoms with E-state index in [-0.39, 0.29) is 6.04 Å². The molecule has 4 heteroatoms. The Kier molecular flexibility index (Phi) is 3.49. The zero-order valence-corrected chi connectivity index (χ0v) is 12.1. The Morgan fingerprint density at radius 1 is 1.40 bits per heavy atom. The van der Waals surface area contributed by atoms with Crippen molar-refractivity contribution < 1.29 is 4.74 Å². The van der Waals surface area contributed by atoms with Crippen molar-refractivity contribution in [2.24, 2.45) is 12.8 Å². The van der Waals surface area contributed by atoms with Crippen molar-refractivity contribution in [2.75, 3.05) is 6.61 Å². The molecule has 0 bridgehead atoms. The molecule has 0 aliphatic carbocycles. The van der Waals surface area contributed by atoms with Crippen molar-refractivity contribution in [3.8, 4) is 5.75 Å². The zero-order valence-electron chi connectivity index (χ0n) is 12.1. The first-order valence-corrected chi connectivity index (χ1v) is 7.20. The van der Waals surface area contributed by atoms with Gasteiger partial charge in [-0.15, -0.1) is 0 Å². The second kappa shape index (κ2) is 5.29. The number of ether oxygens (including phenoxy) is 1. The SMILES string of the molecule is CCc1cc(CC(N)c2ccc3c(c2)CCO3)n(C)n1. The van der Waals surface area contributed by atoms with E-state index >= 15 is 0 Å². The summed E-state index contributed by atoms with van der Waals surface area (Å²) in [7, 11) is 1.98. The highest BCUT2D eigenvalue weighted by atomic mass is 16.5. The summed E-state index contributed by atoms with van der Waals surface area (Å²) in [5.74, 6) is 1.01. The Labute approximate surface area is 119 Å². The first kappa shape index (κ1) is 13.2. The summed E-state index contributed by atoms with van der Waals surface area (Å²) >= 11 is 0. The largest absolute Gasteiger partial charge is 0.493 e. The molecule has 1 aromatic carbocycles. The molecule has 20 heavy (non-hydrogen) atoms. The number of rotatable bonds is 4. The van der Waals surface area contributed by atoms with Crippen LogP contribution in [-0.2, 0) is 26.3 Å². The number of hydrogen-bond acceptors (Lipinski definition) is 3. The second-order valence-electron chi connectivity index (χ2n) is 5.38. The first-order valence-electron chi connectivity index (χ1n) is 7.20. The minimum Gasteiger partial charge on any atom is -0.493 e. The number of nitrogens with zero attached hydrogens (tertiary/aromatic N) is 2. The number of fused-ring (bicyclic) bond motifs is 1. The summed E-state index contributed by atoms with van der Waals surface area (Å²) in [6.45, 7) is 2.90. The molecule has 2 aromatic rings. The van der Waals surface area contributed by atoms with Gasteiger partial charge in [0.2, 0.25) is 0 Å². The van der Waals surface area contributed by atoms with E-state index in [2.05, 4.69) is 30.2 Å². The van der Waals surface area contributed by atoms with E-state index < -0.39 is 0 Å². The maximum absolute atomic E-state index is 6.36. The van der Waals surface area contributed by atoms with E-state index in [9.17, 15) is 0 Å². The van der Waals surface area contributed by atoms with Gasteiger partial charge < -0.3 is 10.5 Å². The van der Waals surface area contributed by atoms with E-state index in [0.29, 0.717) is 0 Å². The van der Waals surface area contributed by atoms with Crippen LogP contribution in [0.3, 0.4) is 0 Å². The fourth-order valence-corrected chi connectivity index (χ4v) is 2.72. The van der Waals surface area contributed by atoms with Crippen molar-refractivity contribution in [3.05, 3.63) is 46.8 Å². The van der Waals surface area contributed by atoms with E-state index in [4.69, 9.17) is 10.5 Å². The average molecular weight is 271 g/mol. The van der Waals surface area contributed by atoms with Crippen LogP contribution in [0, 0.1) is 0 Å². The summed E-state index contributed by atoms with van der Waals surface area (Å²) in [6, 6.07) is 8.45. The highest BCUT2D eigenvalue weighted by Gasteiger charge is 2.16.